The fourth-order valence-corrected chi connectivity index (χ4v) is 1.10. The van der Waals surface area contributed by atoms with Crippen LogP contribution < -0.4 is 0 Å². The van der Waals surface area contributed by atoms with Gasteiger partial charge < -0.3 is 4.42 Å². The van der Waals surface area contributed by atoms with Gasteiger partial charge >= 0.3 is 0 Å². The molecule has 12 heavy (non-hydrogen) atoms. The molecule has 0 saturated carbocycles. The molecule has 0 spiro atoms. The van der Waals surface area contributed by atoms with Crippen LogP contribution in [0.2, 0.25) is 0 Å². The Labute approximate surface area is 69.0 Å². The molecule has 0 unspecified atom stereocenters. The Bertz CT molecular complexity index is 408. The molecule has 2 aromatic rings. The Hall–Kier alpha value is -1.38. The summed E-state index contributed by atoms with van der Waals surface area (Å²) in [6.45, 7) is 1.95. The van der Waals surface area contributed by atoms with Gasteiger partial charge in [-0.1, -0.05) is 6.92 Å². The zero-order chi connectivity index (χ0) is 8.55. The Morgan fingerprint density at radius 2 is 2.33 bits per heavy atom. The second-order valence-corrected chi connectivity index (χ2v) is 2.57. The predicted octanol–water partition coefficient (Wildman–Crippen LogP) is 2.53. The first-order chi connectivity index (χ1) is 5.79. The van der Waals surface area contributed by atoms with E-state index in [0.717, 1.165) is 6.42 Å². The summed E-state index contributed by atoms with van der Waals surface area (Å²) in [4.78, 5) is 4.09. The maximum Gasteiger partial charge on any atom is 0.195 e. The highest BCUT2D eigenvalue weighted by Crippen LogP contribution is 2.16. The summed E-state index contributed by atoms with van der Waals surface area (Å²) in [5.41, 5.74) is 1.24. The van der Waals surface area contributed by atoms with Crippen molar-refractivity contribution in [2.75, 3.05) is 0 Å². The number of fused-ring (bicyclic) bond motifs is 1. The highest BCUT2D eigenvalue weighted by Gasteiger charge is 2.03. The Morgan fingerprint density at radius 1 is 1.50 bits per heavy atom. The van der Waals surface area contributed by atoms with Gasteiger partial charge in [-0.05, 0) is 12.1 Å². The average molecular weight is 165 g/mol. The molecule has 0 fully saturated rings. The fraction of sp³-hybridized carbons (Fsp3) is 0.222. The van der Waals surface area contributed by atoms with E-state index >= 15 is 0 Å². The molecule has 3 heteroatoms. The number of nitrogens with zero attached hydrogens (tertiary/aromatic N) is 1. The third kappa shape index (κ3) is 1.07. The van der Waals surface area contributed by atoms with Crippen molar-refractivity contribution in [3.8, 4) is 0 Å². The molecule has 0 aliphatic rings. The van der Waals surface area contributed by atoms with Crippen molar-refractivity contribution < 1.29 is 8.81 Å². The quantitative estimate of drug-likeness (QED) is 0.649. The van der Waals surface area contributed by atoms with Crippen LogP contribution in [0.5, 0.6) is 0 Å². The normalized spacial score (nSPS) is 10.8. The van der Waals surface area contributed by atoms with Gasteiger partial charge in [0.05, 0.1) is 0 Å². The molecular formula is C9H8FNO. The highest BCUT2D eigenvalue weighted by molar-refractivity contribution is 5.72. The minimum Gasteiger partial charge on any atom is -0.441 e. The summed E-state index contributed by atoms with van der Waals surface area (Å²) in [6, 6.07) is 4.34. The van der Waals surface area contributed by atoms with Crippen molar-refractivity contribution in [3.63, 3.8) is 0 Å². The molecule has 1 aromatic carbocycles. The van der Waals surface area contributed by atoms with E-state index in [1.165, 1.54) is 12.1 Å². The van der Waals surface area contributed by atoms with Gasteiger partial charge in [0.2, 0.25) is 0 Å². The Balaban J connectivity index is 2.67. The molecule has 0 aliphatic carbocycles. The van der Waals surface area contributed by atoms with Gasteiger partial charge in [-0.2, -0.15) is 0 Å². The second kappa shape index (κ2) is 2.59. The van der Waals surface area contributed by atoms with E-state index in [2.05, 4.69) is 4.98 Å². The molecule has 0 N–H and O–H groups in total. The molecule has 0 aliphatic heterocycles. The summed E-state index contributed by atoms with van der Waals surface area (Å²) < 4.78 is 18.0. The van der Waals surface area contributed by atoms with Gasteiger partial charge in [0.15, 0.2) is 11.5 Å². The van der Waals surface area contributed by atoms with Crippen LogP contribution in [0.4, 0.5) is 4.39 Å². The Morgan fingerprint density at radius 3 is 3.08 bits per heavy atom. The van der Waals surface area contributed by atoms with Gasteiger partial charge in [-0.15, -0.1) is 0 Å². The SMILES string of the molecule is CCc1nc2cc(F)ccc2o1. The van der Waals surface area contributed by atoms with E-state index < -0.39 is 0 Å². The number of aromatic nitrogens is 1. The molecule has 2 nitrogen and oxygen atoms in total. The summed E-state index contributed by atoms with van der Waals surface area (Å²) >= 11 is 0. The van der Waals surface area contributed by atoms with Crippen LogP contribution in [0.1, 0.15) is 12.8 Å². The third-order valence-corrected chi connectivity index (χ3v) is 1.70. The summed E-state index contributed by atoms with van der Waals surface area (Å²) in [5.74, 6) is 0.369. The van der Waals surface area contributed by atoms with E-state index in [9.17, 15) is 4.39 Å². The van der Waals surface area contributed by atoms with Crippen molar-refractivity contribution in [2.45, 2.75) is 13.3 Å². The predicted molar refractivity (Wildman–Crippen MR) is 43.3 cm³/mol. The highest BCUT2D eigenvalue weighted by atomic mass is 19.1. The van der Waals surface area contributed by atoms with Crippen molar-refractivity contribution >= 4 is 11.1 Å². The Kier molecular flexibility index (Phi) is 1.57. The lowest BCUT2D eigenvalue weighted by Crippen LogP contribution is -1.76. The average Bonchev–Trinajstić information content (AvgIpc) is 2.46. The van der Waals surface area contributed by atoms with E-state index in [-0.39, 0.29) is 5.82 Å². The fourth-order valence-electron chi connectivity index (χ4n) is 1.10. The van der Waals surface area contributed by atoms with E-state index in [1.807, 2.05) is 6.92 Å². The monoisotopic (exact) mass is 165 g/mol. The van der Waals surface area contributed by atoms with Crippen LogP contribution in [-0.4, -0.2) is 4.98 Å². The van der Waals surface area contributed by atoms with Crippen molar-refractivity contribution in [1.29, 1.82) is 0 Å². The standard InChI is InChI=1S/C9H8FNO/c1-2-9-11-7-5-6(10)3-4-8(7)12-9/h3-5H,2H2,1H3. The van der Waals surface area contributed by atoms with Crippen LogP contribution in [0, 0.1) is 5.82 Å². The largest absolute Gasteiger partial charge is 0.441 e. The lowest BCUT2D eigenvalue weighted by molar-refractivity contribution is 0.537. The lowest BCUT2D eigenvalue weighted by atomic mass is 10.3. The molecule has 1 heterocycles. The topological polar surface area (TPSA) is 26.0 Å². The first-order valence-electron chi connectivity index (χ1n) is 3.84. The van der Waals surface area contributed by atoms with E-state index in [4.69, 9.17) is 4.42 Å². The molecule has 0 amide bonds. The summed E-state index contributed by atoms with van der Waals surface area (Å²) in [7, 11) is 0. The smallest absolute Gasteiger partial charge is 0.195 e. The van der Waals surface area contributed by atoms with Gasteiger partial charge in [-0.25, -0.2) is 9.37 Å². The van der Waals surface area contributed by atoms with Crippen LogP contribution in [-0.2, 0) is 6.42 Å². The molecule has 62 valence electrons. The van der Waals surface area contributed by atoms with Crippen molar-refractivity contribution in [3.05, 3.63) is 29.9 Å². The second-order valence-electron chi connectivity index (χ2n) is 2.57. The molecule has 0 radical (unpaired) electrons. The number of halogens is 1. The van der Waals surface area contributed by atoms with E-state index in [1.54, 1.807) is 6.07 Å². The number of hydrogen-bond acceptors (Lipinski definition) is 2. The molecule has 0 atom stereocenters. The summed E-state index contributed by atoms with van der Waals surface area (Å²) in [5, 5.41) is 0. The van der Waals surface area contributed by atoms with Crippen molar-refractivity contribution in [2.24, 2.45) is 0 Å². The zero-order valence-electron chi connectivity index (χ0n) is 6.67. The number of benzene rings is 1. The lowest BCUT2D eigenvalue weighted by Gasteiger charge is -1.84. The number of oxazole rings is 1. The molecule has 2 rings (SSSR count). The van der Waals surface area contributed by atoms with Crippen molar-refractivity contribution in [1.82, 2.24) is 4.98 Å². The molecule has 1 aromatic heterocycles. The molecular weight excluding hydrogens is 157 g/mol. The van der Waals surface area contributed by atoms with Crippen LogP contribution in [0.15, 0.2) is 22.6 Å². The van der Waals surface area contributed by atoms with E-state index in [0.29, 0.717) is 17.0 Å². The van der Waals surface area contributed by atoms with Gasteiger partial charge in [-0.3, -0.25) is 0 Å². The number of rotatable bonds is 1. The van der Waals surface area contributed by atoms with Crippen LogP contribution >= 0.6 is 0 Å². The van der Waals surface area contributed by atoms with Gasteiger partial charge in [0.25, 0.3) is 0 Å². The minimum absolute atomic E-state index is 0.279. The number of hydrogen-bond donors (Lipinski definition) is 0. The maximum absolute atomic E-state index is 12.7. The van der Waals surface area contributed by atoms with Gasteiger partial charge in [0, 0.05) is 12.5 Å². The maximum atomic E-state index is 12.7. The molecule has 0 saturated heterocycles. The van der Waals surface area contributed by atoms with Crippen LogP contribution in [0.3, 0.4) is 0 Å². The zero-order valence-corrected chi connectivity index (χ0v) is 6.67. The third-order valence-electron chi connectivity index (χ3n) is 1.70. The number of aryl methyl sites for hydroxylation is 1. The van der Waals surface area contributed by atoms with Gasteiger partial charge in [0.1, 0.15) is 11.3 Å². The first-order valence-corrected chi connectivity index (χ1v) is 3.84. The molecule has 0 bridgehead atoms. The first kappa shape index (κ1) is 7.28. The summed E-state index contributed by atoms with van der Waals surface area (Å²) in [6.07, 6.45) is 0.732. The minimum atomic E-state index is -0.279. The van der Waals surface area contributed by atoms with Crippen LogP contribution in [0.25, 0.3) is 11.1 Å².